The van der Waals surface area contributed by atoms with E-state index in [1.807, 2.05) is 0 Å². The predicted octanol–water partition coefficient (Wildman–Crippen LogP) is 3.71. The molecular formula is C15H13Cl2NO2. The topological polar surface area (TPSA) is 39.1 Å². The van der Waals surface area contributed by atoms with E-state index < -0.39 is 0 Å². The van der Waals surface area contributed by atoms with E-state index in [4.69, 9.17) is 23.2 Å². The summed E-state index contributed by atoms with van der Waals surface area (Å²) < 4.78 is 1.50. The molecule has 0 N–H and O–H groups in total. The molecule has 0 saturated heterocycles. The zero-order valence-corrected chi connectivity index (χ0v) is 12.6. The predicted molar refractivity (Wildman–Crippen MR) is 81.0 cm³/mol. The molecule has 0 saturated carbocycles. The quantitative estimate of drug-likeness (QED) is 0.811. The van der Waals surface area contributed by atoms with Gasteiger partial charge in [0.15, 0.2) is 5.78 Å². The maximum Gasteiger partial charge on any atom is 0.261 e. The Morgan fingerprint density at radius 2 is 1.75 bits per heavy atom. The summed E-state index contributed by atoms with van der Waals surface area (Å²) in [5, 5.41) is 0.994. The summed E-state index contributed by atoms with van der Waals surface area (Å²) in [6.07, 6.45) is 0. The zero-order chi connectivity index (χ0) is 14.9. The van der Waals surface area contributed by atoms with E-state index in [2.05, 4.69) is 0 Å². The van der Waals surface area contributed by atoms with Crippen LogP contribution >= 0.6 is 23.2 Å². The van der Waals surface area contributed by atoms with Crippen molar-refractivity contribution < 1.29 is 4.79 Å². The Bertz CT molecular complexity index is 715. The van der Waals surface area contributed by atoms with Crippen molar-refractivity contribution in [1.82, 2.24) is 4.57 Å². The number of ketones is 1. The number of aryl methyl sites for hydroxylation is 1. The number of carbonyl (C=O) groups excluding carboxylic acids is 1. The number of nitrogens with zero attached hydrogens (tertiary/aromatic N) is 1. The first-order valence-corrected chi connectivity index (χ1v) is 6.81. The summed E-state index contributed by atoms with van der Waals surface area (Å²) in [4.78, 5) is 23.8. The second kappa shape index (κ2) is 5.81. The summed E-state index contributed by atoms with van der Waals surface area (Å²) in [6.45, 7) is 3.42. The fraction of sp³-hybridized carbons (Fsp3) is 0.200. The van der Waals surface area contributed by atoms with Crippen molar-refractivity contribution in [3.8, 4) is 0 Å². The SMILES string of the molecule is CC(=O)c1ccc(C)n(Cc2c(Cl)cccc2Cl)c1=O. The lowest BCUT2D eigenvalue weighted by molar-refractivity contribution is 0.101. The van der Waals surface area contributed by atoms with Gasteiger partial charge in [0, 0.05) is 21.3 Å². The highest BCUT2D eigenvalue weighted by atomic mass is 35.5. The van der Waals surface area contributed by atoms with Crippen molar-refractivity contribution in [1.29, 1.82) is 0 Å². The fourth-order valence-electron chi connectivity index (χ4n) is 1.98. The van der Waals surface area contributed by atoms with Gasteiger partial charge in [-0.2, -0.15) is 0 Å². The van der Waals surface area contributed by atoms with Crippen LogP contribution in [0.5, 0.6) is 0 Å². The third kappa shape index (κ3) is 2.79. The van der Waals surface area contributed by atoms with E-state index in [1.165, 1.54) is 11.5 Å². The largest absolute Gasteiger partial charge is 0.308 e. The fourth-order valence-corrected chi connectivity index (χ4v) is 2.49. The Labute approximate surface area is 126 Å². The number of halogens is 2. The molecule has 0 aliphatic rings. The van der Waals surface area contributed by atoms with Crippen LogP contribution in [-0.4, -0.2) is 10.4 Å². The van der Waals surface area contributed by atoms with Crippen LogP contribution < -0.4 is 5.56 Å². The Hall–Kier alpha value is -1.58. The van der Waals surface area contributed by atoms with Gasteiger partial charge in [-0.3, -0.25) is 9.59 Å². The van der Waals surface area contributed by atoms with Gasteiger partial charge >= 0.3 is 0 Å². The summed E-state index contributed by atoms with van der Waals surface area (Å²) in [5.41, 5.74) is 1.25. The minimum absolute atomic E-state index is 0.166. The zero-order valence-electron chi connectivity index (χ0n) is 11.1. The van der Waals surface area contributed by atoms with E-state index in [1.54, 1.807) is 37.3 Å². The average molecular weight is 310 g/mol. The number of Topliss-reactive ketones (excluding diaryl/α,β-unsaturated/α-hetero) is 1. The number of pyridine rings is 1. The van der Waals surface area contributed by atoms with Crippen molar-refractivity contribution in [2.24, 2.45) is 0 Å². The third-order valence-electron chi connectivity index (χ3n) is 3.15. The van der Waals surface area contributed by atoms with Crippen LogP contribution in [0.25, 0.3) is 0 Å². The van der Waals surface area contributed by atoms with Crippen LogP contribution in [0.3, 0.4) is 0 Å². The van der Waals surface area contributed by atoms with Gasteiger partial charge in [-0.1, -0.05) is 29.3 Å². The molecule has 0 fully saturated rings. The van der Waals surface area contributed by atoms with E-state index in [0.29, 0.717) is 15.6 Å². The lowest BCUT2D eigenvalue weighted by Gasteiger charge is -2.13. The van der Waals surface area contributed by atoms with E-state index in [0.717, 1.165) is 5.69 Å². The Morgan fingerprint density at radius 1 is 1.15 bits per heavy atom. The van der Waals surface area contributed by atoms with E-state index in [9.17, 15) is 9.59 Å². The molecule has 5 heteroatoms. The lowest BCUT2D eigenvalue weighted by Crippen LogP contribution is -2.27. The highest BCUT2D eigenvalue weighted by Crippen LogP contribution is 2.25. The molecule has 0 aliphatic heterocycles. The van der Waals surface area contributed by atoms with Crippen LogP contribution in [0.1, 0.15) is 28.5 Å². The Kier molecular flexibility index (Phi) is 4.31. The van der Waals surface area contributed by atoms with Gasteiger partial charge in [0.25, 0.3) is 5.56 Å². The van der Waals surface area contributed by atoms with Gasteiger partial charge in [-0.05, 0) is 38.1 Å². The first kappa shape index (κ1) is 14.8. The highest BCUT2D eigenvalue weighted by molar-refractivity contribution is 6.35. The Balaban J connectivity index is 2.57. The second-order valence-corrected chi connectivity index (χ2v) is 5.35. The van der Waals surface area contributed by atoms with Crippen molar-refractivity contribution in [2.75, 3.05) is 0 Å². The normalized spacial score (nSPS) is 10.6. The molecule has 1 aromatic carbocycles. The van der Waals surface area contributed by atoms with Gasteiger partial charge in [0.05, 0.1) is 12.1 Å². The monoisotopic (exact) mass is 309 g/mol. The molecule has 2 rings (SSSR count). The molecule has 104 valence electrons. The summed E-state index contributed by atoms with van der Waals surface area (Å²) in [6, 6.07) is 8.47. The molecule has 0 unspecified atom stereocenters. The summed E-state index contributed by atoms with van der Waals surface area (Å²) in [7, 11) is 0. The third-order valence-corrected chi connectivity index (χ3v) is 3.86. The molecule has 20 heavy (non-hydrogen) atoms. The van der Waals surface area contributed by atoms with E-state index >= 15 is 0 Å². The summed E-state index contributed by atoms with van der Waals surface area (Å²) in [5.74, 6) is -0.256. The lowest BCUT2D eigenvalue weighted by atomic mass is 10.1. The molecule has 2 aromatic rings. The van der Waals surface area contributed by atoms with Gasteiger partial charge in [-0.25, -0.2) is 0 Å². The minimum atomic E-state index is -0.325. The maximum atomic E-state index is 12.3. The van der Waals surface area contributed by atoms with Gasteiger partial charge < -0.3 is 4.57 Å². The number of rotatable bonds is 3. The van der Waals surface area contributed by atoms with Crippen molar-refractivity contribution in [2.45, 2.75) is 20.4 Å². The molecule has 3 nitrogen and oxygen atoms in total. The first-order chi connectivity index (χ1) is 9.41. The van der Waals surface area contributed by atoms with Gasteiger partial charge in [0.1, 0.15) is 0 Å². The maximum absolute atomic E-state index is 12.3. The smallest absolute Gasteiger partial charge is 0.261 e. The van der Waals surface area contributed by atoms with Crippen LogP contribution in [0, 0.1) is 6.92 Å². The highest BCUT2D eigenvalue weighted by Gasteiger charge is 2.13. The van der Waals surface area contributed by atoms with Gasteiger partial charge in [-0.15, -0.1) is 0 Å². The molecule has 0 amide bonds. The molecular weight excluding hydrogens is 297 g/mol. The molecule has 1 heterocycles. The van der Waals surface area contributed by atoms with Gasteiger partial charge in [0.2, 0.25) is 0 Å². The number of carbonyl (C=O) groups is 1. The second-order valence-electron chi connectivity index (χ2n) is 4.54. The molecule has 0 atom stereocenters. The molecule has 0 bridgehead atoms. The molecule has 0 aliphatic carbocycles. The number of hydrogen-bond acceptors (Lipinski definition) is 2. The molecule has 0 radical (unpaired) electrons. The number of benzene rings is 1. The standard InChI is InChI=1S/C15H13Cl2NO2/c1-9-6-7-11(10(2)19)15(20)18(9)8-12-13(16)4-3-5-14(12)17/h3-7H,8H2,1-2H3. The summed E-state index contributed by atoms with van der Waals surface area (Å²) >= 11 is 12.2. The molecule has 0 spiro atoms. The first-order valence-electron chi connectivity index (χ1n) is 6.06. The average Bonchev–Trinajstić information content (AvgIpc) is 2.36. The minimum Gasteiger partial charge on any atom is -0.308 e. The number of hydrogen-bond donors (Lipinski definition) is 0. The Morgan fingerprint density at radius 3 is 2.30 bits per heavy atom. The van der Waals surface area contributed by atoms with Crippen LogP contribution in [-0.2, 0) is 6.54 Å². The molecule has 1 aromatic heterocycles. The van der Waals surface area contributed by atoms with Crippen LogP contribution in [0.2, 0.25) is 10.0 Å². The van der Waals surface area contributed by atoms with Crippen LogP contribution in [0.4, 0.5) is 0 Å². The van der Waals surface area contributed by atoms with Crippen molar-refractivity contribution >= 4 is 29.0 Å². The van der Waals surface area contributed by atoms with Crippen molar-refractivity contribution in [3.05, 3.63) is 67.6 Å². The number of aromatic nitrogens is 1. The van der Waals surface area contributed by atoms with Crippen LogP contribution in [0.15, 0.2) is 35.1 Å². The van der Waals surface area contributed by atoms with E-state index in [-0.39, 0.29) is 23.5 Å². The van der Waals surface area contributed by atoms with Crippen molar-refractivity contribution in [3.63, 3.8) is 0 Å².